The summed E-state index contributed by atoms with van der Waals surface area (Å²) < 4.78 is 20.8. The van der Waals surface area contributed by atoms with E-state index in [2.05, 4.69) is 4.98 Å². The van der Waals surface area contributed by atoms with Crippen molar-refractivity contribution in [3.05, 3.63) is 56.0 Å². The zero-order valence-corrected chi connectivity index (χ0v) is 18.2. The Hall–Kier alpha value is -2.41. The first kappa shape index (κ1) is 21.3. The molecule has 0 bridgehead atoms. The van der Waals surface area contributed by atoms with E-state index >= 15 is 0 Å². The molecule has 1 aliphatic rings. The van der Waals surface area contributed by atoms with Crippen molar-refractivity contribution in [2.45, 2.75) is 59.6 Å². The van der Waals surface area contributed by atoms with Gasteiger partial charge in [0.2, 0.25) is 5.28 Å². The summed E-state index contributed by atoms with van der Waals surface area (Å²) in [6.07, 6.45) is -0.122. The second-order valence-electron chi connectivity index (χ2n) is 8.38. The summed E-state index contributed by atoms with van der Waals surface area (Å²) >= 11 is 6.37. The molecule has 2 heterocycles. The van der Waals surface area contributed by atoms with Crippen LogP contribution in [0, 0.1) is 19.7 Å². The van der Waals surface area contributed by atoms with Gasteiger partial charge in [0.05, 0.1) is 17.4 Å². The van der Waals surface area contributed by atoms with Gasteiger partial charge in [-0.2, -0.15) is 0 Å². The summed E-state index contributed by atoms with van der Waals surface area (Å²) in [5, 5.41) is -0.0305. The van der Waals surface area contributed by atoms with E-state index in [1.54, 1.807) is 58.6 Å². The van der Waals surface area contributed by atoms with Crippen LogP contribution in [0.5, 0.6) is 0 Å². The lowest BCUT2D eigenvalue weighted by Crippen LogP contribution is -2.44. The predicted octanol–water partition coefficient (Wildman–Crippen LogP) is 4.50. The fourth-order valence-corrected chi connectivity index (χ4v) is 3.81. The molecular weight excluding hydrogens is 397 g/mol. The number of ether oxygens (including phenoxy) is 1. The predicted molar refractivity (Wildman–Crippen MR) is 109 cm³/mol. The van der Waals surface area contributed by atoms with Crippen molar-refractivity contribution < 1.29 is 13.9 Å². The van der Waals surface area contributed by atoms with Crippen molar-refractivity contribution in [3.63, 3.8) is 0 Å². The first-order valence-corrected chi connectivity index (χ1v) is 9.86. The minimum absolute atomic E-state index is 0.0305. The third-order valence-electron chi connectivity index (χ3n) is 4.94. The smallest absolute Gasteiger partial charge is 0.410 e. The van der Waals surface area contributed by atoms with Gasteiger partial charge in [0.1, 0.15) is 11.4 Å². The second-order valence-corrected chi connectivity index (χ2v) is 8.72. The van der Waals surface area contributed by atoms with Crippen molar-refractivity contribution in [1.29, 1.82) is 0 Å². The Morgan fingerprint density at radius 2 is 1.86 bits per heavy atom. The van der Waals surface area contributed by atoms with E-state index in [0.717, 1.165) is 0 Å². The highest BCUT2D eigenvalue weighted by molar-refractivity contribution is 6.28. The number of rotatable bonds is 1. The largest absolute Gasteiger partial charge is 0.444 e. The maximum Gasteiger partial charge on any atom is 0.410 e. The SMILES string of the molecule is Cc1cc(-n2c(Cl)nc3c(c2=O)CCN(C(=O)OC(C)(C)C)[C@H]3C)cc(C)c1F. The number of fused-ring (bicyclic) bond motifs is 1. The number of carbonyl (C=O) groups excluding carboxylic acids is 1. The quantitative estimate of drug-likeness (QED) is 0.636. The minimum Gasteiger partial charge on any atom is -0.444 e. The Bertz CT molecular complexity index is 1020. The molecular formula is C21H25ClFN3O3. The normalized spacial score (nSPS) is 16.6. The lowest BCUT2D eigenvalue weighted by Gasteiger charge is -2.35. The molecule has 1 aromatic heterocycles. The molecule has 2 aromatic rings. The maximum absolute atomic E-state index is 14.0. The average molecular weight is 422 g/mol. The maximum atomic E-state index is 14.0. The van der Waals surface area contributed by atoms with Gasteiger partial charge in [-0.3, -0.25) is 14.3 Å². The molecule has 156 valence electrons. The number of hydrogen-bond acceptors (Lipinski definition) is 4. The van der Waals surface area contributed by atoms with Gasteiger partial charge in [0, 0.05) is 12.1 Å². The highest BCUT2D eigenvalue weighted by Crippen LogP contribution is 2.29. The van der Waals surface area contributed by atoms with Crippen molar-refractivity contribution >= 4 is 17.7 Å². The first-order chi connectivity index (χ1) is 13.4. The Morgan fingerprint density at radius 3 is 2.41 bits per heavy atom. The van der Waals surface area contributed by atoms with E-state index in [-0.39, 0.29) is 16.7 Å². The van der Waals surface area contributed by atoms with Crippen LogP contribution >= 0.6 is 11.6 Å². The summed E-state index contributed by atoms with van der Waals surface area (Å²) in [6.45, 7) is 10.8. The molecule has 0 fully saturated rings. The van der Waals surface area contributed by atoms with E-state index in [9.17, 15) is 14.0 Å². The van der Waals surface area contributed by atoms with Gasteiger partial charge >= 0.3 is 6.09 Å². The van der Waals surface area contributed by atoms with Gasteiger partial charge in [-0.15, -0.1) is 0 Å². The number of aromatic nitrogens is 2. The topological polar surface area (TPSA) is 64.4 Å². The average Bonchev–Trinajstić information content (AvgIpc) is 2.59. The monoisotopic (exact) mass is 421 g/mol. The number of halogens is 2. The van der Waals surface area contributed by atoms with Crippen LogP contribution in [-0.2, 0) is 11.2 Å². The second kappa shape index (κ2) is 7.44. The highest BCUT2D eigenvalue weighted by atomic mass is 35.5. The fraction of sp³-hybridized carbons (Fsp3) is 0.476. The molecule has 1 amide bonds. The summed E-state index contributed by atoms with van der Waals surface area (Å²) in [5.74, 6) is -0.314. The standard InChI is InChI=1S/C21H25ClFN3O3/c1-11-9-14(10-12(2)16(11)23)26-18(27)15-7-8-25(20(28)29-21(4,5)6)13(3)17(15)24-19(26)22/h9-10,13H,7-8H2,1-6H3/t13-/m0/s1. The molecule has 29 heavy (non-hydrogen) atoms. The Labute approximate surface area is 174 Å². The van der Waals surface area contributed by atoms with Crippen LogP contribution in [0.4, 0.5) is 9.18 Å². The Kier molecular flexibility index (Phi) is 5.47. The van der Waals surface area contributed by atoms with Gasteiger partial charge in [-0.25, -0.2) is 14.2 Å². The van der Waals surface area contributed by atoms with E-state index in [1.165, 1.54) is 4.57 Å². The zero-order valence-electron chi connectivity index (χ0n) is 17.5. The van der Waals surface area contributed by atoms with Gasteiger partial charge in [-0.1, -0.05) is 0 Å². The fourth-order valence-electron chi connectivity index (χ4n) is 3.55. The number of hydrogen-bond donors (Lipinski definition) is 0. The lowest BCUT2D eigenvalue weighted by atomic mass is 10.00. The van der Waals surface area contributed by atoms with Gasteiger partial charge < -0.3 is 4.74 Å². The Morgan fingerprint density at radius 1 is 1.28 bits per heavy atom. The van der Waals surface area contributed by atoms with E-state index in [4.69, 9.17) is 16.3 Å². The summed E-state index contributed by atoms with van der Waals surface area (Å²) in [5.41, 5.74) is 1.35. The summed E-state index contributed by atoms with van der Waals surface area (Å²) in [6, 6.07) is 2.69. The molecule has 3 rings (SSSR count). The molecule has 0 radical (unpaired) electrons. The molecule has 1 aliphatic heterocycles. The van der Waals surface area contributed by atoms with Crippen LogP contribution < -0.4 is 5.56 Å². The number of amides is 1. The number of nitrogens with zero attached hydrogens (tertiary/aromatic N) is 3. The first-order valence-electron chi connectivity index (χ1n) is 9.48. The molecule has 0 N–H and O–H groups in total. The third kappa shape index (κ3) is 4.01. The van der Waals surface area contributed by atoms with Crippen LogP contribution in [-0.4, -0.2) is 32.7 Å². The van der Waals surface area contributed by atoms with Crippen LogP contribution in [0.2, 0.25) is 5.28 Å². The van der Waals surface area contributed by atoms with Gasteiger partial charge in [0.25, 0.3) is 5.56 Å². The van der Waals surface area contributed by atoms with Crippen molar-refractivity contribution in [2.24, 2.45) is 0 Å². The number of aryl methyl sites for hydroxylation is 2. The zero-order chi connectivity index (χ0) is 21.7. The highest BCUT2D eigenvalue weighted by Gasteiger charge is 2.34. The van der Waals surface area contributed by atoms with Gasteiger partial charge in [0.15, 0.2) is 0 Å². The van der Waals surface area contributed by atoms with Crippen LogP contribution in [0.25, 0.3) is 5.69 Å². The molecule has 8 heteroatoms. The molecule has 6 nitrogen and oxygen atoms in total. The van der Waals surface area contributed by atoms with Crippen LogP contribution in [0.15, 0.2) is 16.9 Å². The third-order valence-corrected chi connectivity index (χ3v) is 5.19. The molecule has 0 aliphatic carbocycles. The van der Waals surface area contributed by atoms with Crippen LogP contribution in [0.1, 0.15) is 56.1 Å². The van der Waals surface area contributed by atoms with Gasteiger partial charge in [-0.05, 0) is 82.8 Å². The van der Waals surface area contributed by atoms with Crippen molar-refractivity contribution in [1.82, 2.24) is 14.5 Å². The van der Waals surface area contributed by atoms with E-state index in [0.29, 0.717) is 41.0 Å². The summed E-state index contributed by atoms with van der Waals surface area (Å²) in [4.78, 5) is 31.7. The molecule has 0 spiro atoms. The lowest BCUT2D eigenvalue weighted by molar-refractivity contribution is 0.0154. The Balaban J connectivity index is 2.05. The molecule has 1 aromatic carbocycles. The van der Waals surface area contributed by atoms with Crippen molar-refractivity contribution in [3.8, 4) is 5.69 Å². The molecule has 0 saturated carbocycles. The van der Waals surface area contributed by atoms with Crippen molar-refractivity contribution in [2.75, 3.05) is 6.54 Å². The molecule has 0 saturated heterocycles. The minimum atomic E-state index is -0.621. The summed E-state index contributed by atoms with van der Waals surface area (Å²) in [7, 11) is 0. The van der Waals surface area contributed by atoms with E-state index in [1.807, 2.05) is 0 Å². The number of carbonyl (C=O) groups is 1. The van der Waals surface area contributed by atoms with Crippen LogP contribution in [0.3, 0.4) is 0 Å². The molecule has 1 atom stereocenters. The number of benzene rings is 1. The molecule has 0 unspecified atom stereocenters. The van der Waals surface area contributed by atoms with E-state index < -0.39 is 17.7 Å².